The summed E-state index contributed by atoms with van der Waals surface area (Å²) in [6.45, 7) is 10.6. The number of aldehydes is 1. The minimum absolute atomic E-state index is 0.452. The Morgan fingerprint density at radius 2 is 1.62 bits per heavy atom. The number of carbonyl (C=O) groups is 1. The molecule has 3 rings (SSSR count). The van der Waals surface area contributed by atoms with Gasteiger partial charge < -0.3 is 4.90 Å². The van der Waals surface area contributed by atoms with Crippen LogP contribution in [0.25, 0.3) is 0 Å². The summed E-state index contributed by atoms with van der Waals surface area (Å²) in [7, 11) is 0. The lowest BCUT2D eigenvalue weighted by Gasteiger charge is -2.40. The van der Waals surface area contributed by atoms with Gasteiger partial charge in [-0.05, 0) is 49.6 Å². The molecule has 1 fully saturated rings. The van der Waals surface area contributed by atoms with Gasteiger partial charge in [-0.2, -0.15) is 0 Å². The molecule has 1 atom stereocenters. The highest BCUT2D eigenvalue weighted by molar-refractivity contribution is 5.79. The summed E-state index contributed by atoms with van der Waals surface area (Å²) in [5.74, 6) is 0. The van der Waals surface area contributed by atoms with E-state index in [1.165, 1.54) is 16.8 Å². The number of aryl methyl sites for hydroxylation is 2. The van der Waals surface area contributed by atoms with Crippen molar-refractivity contribution in [3.63, 3.8) is 0 Å². The van der Waals surface area contributed by atoms with E-state index in [4.69, 9.17) is 0 Å². The number of carbonyl (C=O) groups excluding carboxylic acids is 1. The van der Waals surface area contributed by atoms with E-state index < -0.39 is 0 Å². The lowest BCUT2D eigenvalue weighted by molar-refractivity contribution is 0.112. The number of nitrogens with zero attached hydrogens (tertiary/aromatic N) is 2. The summed E-state index contributed by atoms with van der Waals surface area (Å²) in [4.78, 5) is 16.1. The summed E-state index contributed by atoms with van der Waals surface area (Å²) in [5, 5.41) is 0. The first-order chi connectivity index (χ1) is 11.6. The molecule has 24 heavy (non-hydrogen) atoms. The van der Waals surface area contributed by atoms with E-state index in [-0.39, 0.29) is 0 Å². The number of rotatable bonds is 4. The molecule has 0 aliphatic carbocycles. The maximum Gasteiger partial charge on any atom is 0.150 e. The Kier molecular flexibility index (Phi) is 5.00. The van der Waals surface area contributed by atoms with Gasteiger partial charge in [0.2, 0.25) is 0 Å². The molecule has 126 valence electrons. The van der Waals surface area contributed by atoms with Crippen molar-refractivity contribution in [2.24, 2.45) is 0 Å². The predicted molar refractivity (Wildman–Crippen MR) is 99.9 cm³/mol. The van der Waals surface area contributed by atoms with Crippen LogP contribution < -0.4 is 4.90 Å². The van der Waals surface area contributed by atoms with E-state index in [1.54, 1.807) is 0 Å². The number of anilines is 1. The fraction of sp³-hybridized carbons (Fsp3) is 0.381. The fourth-order valence-electron chi connectivity index (χ4n) is 3.58. The van der Waals surface area contributed by atoms with Gasteiger partial charge in [-0.15, -0.1) is 0 Å². The summed E-state index contributed by atoms with van der Waals surface area (Å²) in [5.41, 5.74) is 5.70. The molecule has 0 radical (unpaired) electrons. The van der Waals surface area contributed by atoms with E-state index in [2.05, 4.69) is 60.0 Å². The van der Waals surface area contributed by atoms with E-state index in [0.717, 1.165) is 43.6 Å². The van der Waals surface area contributed by atoms with Gasteiger partial charge in [0.15, 0.2) is 0 Å². The Hall–Kier alpha value is -2.13. The SMILES string of the molecule is Cc1cc(N2CCN([C@@H](C)c3ccccc3)CC2)c(C)cc1C=O. The van der Waals surface area contributed by atoms with Gasteiger partial charge in [-0.1, -0.05) is 30.3 Å². The topological polar surface area (TPSA) is 23.6 Å². The standard InChI is InChI=1S/C21H26N2O/c1-16-14-21(17(2)13-20(16)15-24)23-11-9-22(10-12-23)18(3)19-7-5-4-6-8-19/h4-8,13-15,18H,9-12H2,1-3H3/t18-/m0/s1. The van der Waals surface area contributed by atoms with Crippen molar-refractivity contribution in [2.45, 2.75) is 26.8 Å². The van der Waals surface area contributed by atoms with Crippen LogP contribution in [0.1, 0.15) is 40.0 Å². The van der Waals surface area contributed by atoms with Crippen LogP contribution in [0.4, 0.5) is 5.69 Å². The van der Waals surface area contributed by atoms with Gasteiger partial charge in [0.05, 0.1) is 0 Å². The van der Waals surface area contributed by atoms with E-state index >= 15 is 0 Å². The van der Waals surface area contributed by atoms with Gasteiger partial charge in [-0.3, -0.25) is 9.69 Å². The molecule has 1 aliphatic heterocycles. The van der Waals surface area contributed by atoms with Crippen LogP contribution in [0.15, 0.2) is 42.5 Å². The zero-order chi connectivity index (χ0) is 17.1. The molecule has 1 aliphatic rings. The van der Waals surface area contributed by atoms with Crippen LogP contribution in [0.2, 0.25) is 0 Å². The maximum absolute atomic E-state index is 11.1. The molecule has 0 N–H and O–H groups in total. The molecule has 2 aromatic rings. The second kappa shape index (κ2) is 7.18. The zero-order valence-electron chi connectivity index (χ0n) is 14.8. The van der Waals surface area contributed by atoms with Crippen molar-refractivity contribution in [1.82, 2.24) is 4.90 Å². The molecule has 2 aromatic carbocycles. The van der Waals surface area contributed by atoms with E-state index in [1.807, 2.05) is 13.0 Å². The van der Waals surface area contributed by atoms with Crippen LogP contribution in [-0.4, -0.2) is 37.4 Å². The van der Waals surface area contributed by atoms with Gasteiger partial charge in [0.25, 0.3) is 0 Å². The number of hydrogen-bond donors (Lipinski definition) is 0. The molecule has 3 heteroatoms. The minimum Gasteiger partial charge on any atom is -0.369 e. The van der Waals surface area contributed by atoms with Gasteiger partial charge >= 0.3 is 0 Å². The average Bonchev–Trinajstić information content (AvgIpc) is 2.63. The van der Waals surface area contributed by atoms with Gasteiger partial charge in [0.1, 0.15) is 6.29 Å². The van der Waals surface area contributed by atoms with E-state index in [9.17, 15) is 4.79 Å². The third kappa shape index (κ3) is 3.36. The summed E-state index contributed by atoms with van der Waals surface area (Å²) < 4.78 is 0. The maximum atomic E-state index is 11.1. The van der Waals surface area contributed by atoms with Crippen molar-refractivity contribution < 1.29 is 4.79 Å². The Morgan fingerprint density at radius 1 is 0.958 bits per heavy atom. The van der Waals surface area contributed by atoms with Gasteiger partial charge in [-0.25, -0.2) is 0 Å². The minimum atomic E-state index is 0.452. The van der Waals surface area contributed by atoms with Crippen molar-refractivity contribution in [1.29, 1.82) is 0 Å². The first-order valence-corrected chi connectivity index (χ1v) is 8.70. The van der Waals surface area contributed by atoms with Crippen LogP contribution >= 0.6 is 0 Å². The van der Waals surface area contributed by atoms with Crippen molar-refractivity contribution in [3.8, 4) is 0 Å². The highest BCUT2D eigenvalue weighted by atomic mass is 16.1. The van der Waals surface area contributed by atoms with Crippen LogP contribution in [0.3, 0.4) is 0 Å². The Bertz CT molecular complexity index is 703. The fourth-order valence-corrected chi connectivity index (χ4v) is 3.58. The van der Waals surface area contributed by atoms with Gasteiger partial charge in [0, 0.05) is 43.5 Å². The largest absolute Gasteiger partial charge is 0.369 e. The summed E-state index contributed by atoms with van der Waals surface area (Å²) >= 11 is 0. The molecule has 1 heterocycles. The highest BCUT2D eigenvalue weighted by Gasteiger charge is 2.23. The first kappa shape index (κ1) is 16.7. The van der Waals surface area contributed by atoms with Crippen LogP contribution in [-0.2, 0) is 0 Å². The molecule has 1 saturated heterocycles. The molecule has 0 saturated carbocycles. The Morgan fingerprint density at radius 3 is 2.25 bits per heavy atom. The number of hydrogen-bond acceptors (Lipinski definition) is 3. The quantitative estimate of drug-likeness (QED) is 0.795. The second-order valence-corrected chi connectivity index (χ2v) is 6.72. The molecular weight excluding hydrogens is 296 g/mol. The molecular formula is C21H26N2O. The molecule has 3 nitrogen and oxygen atoms in total. The number of benzene rings is 2. The van der Waals surface area contributed by atoms with Crippen molar-refractivity contribution in [3.05, 3.63) is 64.7 Å². The first-order valence-electron chi connectivity index (χ1n) is 8.70. The number of piperazine rings is 1. The lowest BCUT2D eigenvalue weighted by atomic mass is 10.0. The third-order valence-electron chi connectivity index (χ3n) is 5.20. The average molecular weight is 322 g/mol. The molecule has 0 bridgehead atoms. The monoisotopic (exact) mass is 322 g/mol. The molecule has 0 spiro atoms. The third-order valence-corrected chi connectivity index (χ3v) is 5.20. The van der Waals surface area contributed by atoms with Crippen LogP contribution in [0.5, 0.6) is 0 Å². The summed E-state index contributed by atoms with van der Waals surface area (Å²) in [6, 6.07) is 15.3. The molecule has 0 unspecified atom stereocenters. The second-order valence-electron chi connectivity index (χ2n) is 6.72. The lowest BCUT2D eigenvalue weighted by Crippen LogP contribution is -2.47. The molecule has 0 amide bonds. The molecule has 0 aromatic heterocycles. The Labute approximate surface area is 144 Å². The smallest absolute Gasteiger partial charge is 0.150 e. The highest BCUT2D eigenvalue weighted by Crippen LogP contribution is 2.27. The Balaban J connectivity index is 1.69. The van der Waals surface area contributed by atoms with Crippen molar-refractivity contribution >= 4 is 12.0 Å². The zero-order valence-corrected chi connectivity index (χ0v) is 14.8. The summed E-state index contributed by atoms with van der Waals surface area (Å²) in [6.07, 6.45) is 0.950. The van der Waals surface area contributed by atoms with Crippen molar-refractivity contribution in [2.75, 3.05) is 31.1 Å². The normalized spacial score (nSPS) is 16.9. The van der Waals surface area contributed by atoms with Crippen LogP contribution in [0, 0.1) is 13.8 Å². The predicted octanol–water partition coefficient (Wildman–Crippen LogP) is 4.00. The van der Waals surface area contributed by atoms with E-state index in [0.29, 0.717) is 6.04 Å².